The van der Waals surface area contributed by atoms with Gasteiger partial charge in [-0.3, -0.25) is 4.79 Å². The number of unbranched alkanes of at least 4 members (excludes halogenated alkanes) is 1. The number of nitrogens with zero attached hydrogens (tertiary/aromatic N) is 1. The summed E-state index contributed by atoms with van der Waals surface area (Å²) in [6.07, 6.45) is 6.91. The van der Waals surface area contributed by atoms with E-state index in [0.29, 0.717) is 29.3 Å². The zero-order chi connectivity index (χ0) is 26.9. The number of piperidine rings is 1. The molecule has 38 heavy (non-hydrogen) atoms. The van der Waals surface area contributed by atoms with Gasteiger partial charge >= 0.3 is 5.63 Å². The van der Waals surface area contributed by atoms with Crippen molar-refractivity contribution < 1.29 is 19.1 Å². The third-order valence-corrected chi connectivity index (χ3v) is 8.54. The molecule has 2 aliphatic rings. The molecule has 6 nitrogen and oxygen atoms in total. The smallest absolute Gasteiger partial charge is 0.336 e. The van der Waals surface area contributed by atoms with Crippen molar-refractivity contribution in [1.29, 1.82) is 0 Å². The lowest BCUT2D eigenvalue weighted by molar-refractivity contribution is -0.157. The Hall–Kier alpha value is -2.83. The van der Waals surface area contributed by atoms with Crippen molar-refractivity contribution in [3.63, 3.8) is 0 Å². The second-order valence-corrected chi connectivity index (χ2v) is 11.3. The number of halogens is 1. The predicted molar refractivity (Wildman–Crippen MR) is 149 cm³/mol. The van der Waals surface area contributed by atoms with Gasteiger partial charge in [-0.25, -0.2) is 4.79 Å². The fourth-order valence-electron chi connectivity index (χ4n) is 6.40. The molecule has 1 aliphatic heterocycles. The average Bonchev–Trinajstić information content (AvgIpc) is 2.89. The molecule has 2 heterocycles. The van der Waals surface area contributed by atoms with E-state index in [4.69, 9.17) is 20.8 Å². The van der Waals surface area contributed by atoms with Gasteiger partial charge in [-0.05, 0) is 80.0 Å². The molecule has 5 rings (SSSR count). The molecule has 1 saturated carbocycles. The summed E-state index contributed by atoms with van der Waals surface area (Å²) in [6.45, 7) is 4.35. The molecule has 0 bridgehead atoms. The second-order valence-electron chi connectivity index (χ2n) is 10.9. The van der Waals surface area contributed by atoms with Gasteiger partial charge in [0.1, 0.15) is 11.3 Å². The van der Waals surface area contributed by atoms with Gasteiger partial charge in [-0.1, -0.05) is 49.9 Å². The molecule has 1 N–H and O–H groups in total. The summed E-state index contributed by atoms with van der Waals surface area (Å²) in [4.78, 5) is 27.8. The summed E-state index contributed by atoms with van der Waals surface area (Å²) in [5, 5.41) is 12.9. The average molecular weight is 538 g/mol. The number of hydrogen-bond acceptors (Lipinski definition) is 5. The van der Waals surface area contributed by atoms with Crippen molar-refractivity contribution in [2.75, 3.05) is 13.2 Å². The number of benzene rings is 2. The van der Waals surface area contributed by atoms with E-state index < -0.39 is 5.60 Å². The normalized spacial score (nSPS) is 23.3. The largest absolute Gasteiger partial charge is 0.483 e. The fraction of sp³-hybridized carbons (Fsp3) is 0.484. The first-order chi connectivity index (χ1) is 18.3. The standard InChI is InChI=1S/C31H36ClNO5/c1-3-4-7-22-18-28(35)38-26-17-20(2)16-25(29(22)26)37-19-27(34)33-15-14-31(36)13-6-5-8-24(31)30(33)21-9-11-23(32)12-10-21/h9-12,16-18,24,30,36H,3-8,13-15,19H2,1-2H3/t24-,30-,31+/m0/s1. The first-order valence-corrected chi connectivity index (χ1v) is 14.1. The molecule has 3 atom stereocenters. The summed E-state index contributed by atoms with van der Waals surface area (Å²) >= 11 is 6.17. The Morgan fingerprint density at radius 3 is 2.74 bits per heavy atom. The van der Waals surface area contributed by atoms with Gasteiger partial charge in [0.05, 0.1) is 17.0 Å². The number of amides is 1. The van der Waals surface area contributed by atoms with Crippen molar-refractivity contribution in [2.24, 2.45) is 5.92 Å². The molecular weight excluding hydrogens is 502 g/mol. The van der Waals surface area contributed by atoms with Crippen LogP contribution in [0.25, 0.3) is 11.0 Å². The van der Waals surface area contributed by atoms with Crippen molar-refractivity contribution in [1.82, 2.24) is 4.90 Å². The molecule has 1 aromatic heterocycles. The van der Waals surface area contributed by atoms with Gasteiger partial charge in [0.2, 0.25) is 0 Å². The highest BCUT2D eigenvalue weighted by molar-refractivity contribution is 6.30. The molecule has 1 amide bonds. The number of rotatable bonds is 7. The van der Waals surface area contributed by atoms with E-state index in [-0.39, 0.29) is 30.1 Å². The van der Waals surface area contributed by atoms with Gasteiger partial charge in [0.15, 0.2) is 6.61 Å². The van der Waals surface area contributed by atoms with E-state index in [1.165, 1.54) is 6.07 Å². The highest BCUT2D eigenvalue weighted by atomic mass is 35.5. The minimum Gasteiger partial charge on any atom is -0.483 e. The molecule has 0 spiro atoms. The number of aryl methyl sites for hydroxylation is 2. The Morgan fingerprint density at radius 2 is 1.97 bits per heavy atom. The fourth-order valence-corrected chi connectivity index (χ4v) is 6.53. The van der Waals surface area contributed by atoms with Crippen LogP contribution >= 0.6 is 11.6 Å². The molecule has 202 valence electrons. The number of hydrogen-bond donors (Lipinski definition) is 1. The van der Waals surface area contributed by atoms with E-state index in [2.05, 4.69) is 6.92 Å². The molecule has 2 fully saturated rings. The summed E-state index contributed by atoms with van der Waals surface area (Å²) in [6, 6.07) is 12.6. The van der Waals surface area contributed by atoms with Crippen LogP contribution in [-0.2, 0) is 11.2 Å². The van der Waals surface area contributed by atoms with Crippen LogP contribution in [0.3, 0.4) is 0 Å². The van der Waals surface area contributed by atoms with Gasteiger partial charge in [-0.15, -0.1) is 0 Å². The first-order valence-electron chi connectivity index (χ1n) is 13.8. The maximum atomic E-state index is 13.8. The van der Waals surface area contributed by atoms with E-state index in [1.807, 2.05) is 48.2 Å². The van der Waals surface area contributed by atoms with Crippen LogP contribution in [0.2, 0.25) is 5.02 Å². The van der Waals surface area contributed by atoms with Crippen molar-refractivity contribution in [3.8, 4) is 5.75 Å². The van der Waals surface area contributed by atoms with E-state index >= 15 is 0 Å². The zero-order valence-corrected chi connectivity index (χ0v) is 22.9. The van der Waals surface area contributed by atoms with Crippen LogP contribution in [0.5, 0.6) is 5.75 Å². The number of ether oxygens (including phenoxy) is 1. The minimum absolute atomic E-state index is 0.0372. The summed E-state index contributed by atoms with van der Waals surface area (Å²) in [5.41, 5.74) is 2.09. The highest BCUT2D eigenvalue weighted by Crippen LogP contribution is 2.49. The van der Waals surface area contributed by atoms with Crippen LogP contribution in [0.1, 0.15) is 74.6 Å². The van der Waals surface area contributed by atoms with Crippen molar-refractivity contribution in [2.45, 2.75) is 76.9 Å². The molecular formula is C31H36ClNO5. The van der Waals surface area contributed by atoms with Gasteiger partial charge < -0.3 is 19.2 Å². The molecule has 0 unspecified atom stereocenters. The number of aliphatic hydroxyl groups is 1. The van der Waals surface area contributed by atoms with Crippen molar-refractivity contribution >= 4 is 28.5 Å². The van der Waals surface area contributed by atoms with E-state index in [1.54, 1.807) is 0 Å². The summed E-state index contributed by atoms with van der Waals surface area (Å²) in [5.74, 6) is 0.391. The molecule has 2 aromatic carbocycles. The third kappa shape index (κ3) is 5.34. The maximum Gasteiger partial charge on any atom is 0.336 e. The first kappa shape index (κ1) is 26.8. The van der Waals surface area contributed by atoms with Crippen LogP contribution in [-0.4, -0.2) is 34.7 Å². The molecule has 7 heteroatoms. The van der Waals surface area contributed by atoms with Gasteiger partial charge in [0, 0.05) is 23.6 Å². The lowest BCUT2D eigenvalue weighted by Crippen LogP contribution is -2.56. The quantitative estimate of drug-likeness (QED) is 0.354. The Morgan fingerprint density at radius 1 is 1.18 bits per heavy atom. The van der Waals surface area contributed by atoms with Crippen LogP contribution in [0.15, 0.2) is 51.7 Å². The Labute approximate surface area is 228 Å². The predicted octanol–water partition coefficient (Wildman–Crippen LogP) is 6.37. The van der Waals surface area contributed by atoms with Crippen molar-refractivity contribution in [3.05, 3.63) is 74.6 Å². The monoisotopic (exact) mass is 537 g/mol. The number of carbonyl (C=O) groups excluding carboxylic acids is 1. The SMILES string of the molecule is CCCCc1cc(=O)oc2cc(C)cc(OCC(=O)N3CC[C@]4(O)CCCC[C@H]4[C@@H]3c3ccc(Cl)cc3)c12. The summed E-state index contributed by atoms with van der Waals surface area (Å²) < 4.78 is 11.7. The molecule has 1 aliphatic carbocycles. The van der Waals surface area contributed by atoms with Crippen LogP contribution in [0.4, 0.5) is 0 Å². The Bertz CT molecular complexity index is 1370. The van der Waals surface area contributed by atoms with E-state index in [0.717, 1.165) is 67.0 Å². The van der Waals surface area contributed by atoms with Gasteiger partial charge in [0.25, 0.3) is 5.91 Å². The van der Waals surface area contributed by atoms with E-state index in [9.17, 15) is 14.7 Å². The Kier molecular flexibility index (Phi) is 7.83. The second kappa shape index (κ2) is 11.1. The van der Waals surface area contributed by atoms with Crippen LogP contribution < -0.4 is 10.4 Å². The Balaban J connectivity index is 1.44. The summed E-state index contributed by atoms with van der Waals surface area (Å²) in [7, 11) is 0. The lowest BCUT2D eigenvalue weighted by Gasteiger charge is -2.52. The highest BCUT2D eigenvalue weighted by Gasteiger charge is 2.50. The molecule has 1 saturated heterocycles. The zero-order valence-electron chi connectivity index (χ0n) is 22.2. The minimum atomic E-state index is -0.765. The topological polar surface area (TPSA) is 80.0 Å². The van der Waals surface area contributed by atoms with Gasteiger partial charge in [-0.2, -0.15) is 0 Å². The number of fused-ring (bicyclic) bond motifs is 2. The lowest BCUT2D eigenvalue weighted by atomic mass is 9.66. The molecule has 3 aromatic rings. The molecule has 0 radical (unpaired) electrons. The third-order valence-electron chi connectivity index (χ3n) is 8.28. The number of carbonyl (C=O) groups is 1. The number of likely N-dealkylation sites (tertiary alicyclic amines) is 1. The van der Waals surface area contributed by atoms with Crippen LogP contribution in [0, 0.1) is 12.8 Å². The maximum absolute atomic E-state index is 13.8.